The smallest absolute Gasteiger partial charge is 0.422 e. The summed E-state index contributed by atoms with van der Waals surface area (Å²) in [5.41, 5.74) is 1.19. The molecule has 0 bridgehead atoms. The Morgan fingerprint density at radius 3 is 2.05 bits per heavy atom. The van der Waals surface area contributed by atoms with Gasteiger partial charge in [-0.2, -0.15) is 26.3 Å². The van der Waals surface area contributed by atoms with E-state index in [9.17, 15) is 35.9 Å². The quantitative estimate of drug-likeness (QED) is 0.114. The number of carboxylic acids is 2. The van der Waals surface area contributed by atoms with Gasteiger partial charge < -0.3 is 34.1 Å². The van der Waals surface area contributed by atoms with E-state index in [-0.39, 0.29) is 23.1 Å². The van der Waals surface area contributed by atoms with Crippen LogP contribution in [0.4, 0.5) is 32.0 Å². The number of carbonyl (C=O) groups is 4. The molecule has 0 spiro atoms. The molecule has 0 radical (unpaired) electrons. The highest BCUT2D eigenvalue weighted by Crippen LogP contribution is 2.36. The van der Waals surface area contributed by atoms with Gasteiger partial charge in [-0.3, -0.25) is 14.5 Å². The lowest BCUT2D eigenvalue weighted by molar-refractivity contribution is -0.159. The topological polar surface area (TPSA) is 155 Å². The molecule has 3 heterocycles. The van der Waals surface area contributed by atoms with E-state index in [4.69, 9.17) is 40.9 Å². The summed E-state index contributed by atoms with van der Waals surface area (Å²) in [7, 11) is 3.20. The van der Waals surface area contributed by atoms with Gasteiger partial charge in [0.15, 0.2) is 6.61 Å². The minimum absolute atomic E-state index is 0.124. The first kappa shape index (κ1) is 43.8. The van der Waals surface area contributed by atoms with Crippen molar-refractivity contribution in [2.75, 3.05) is 44.7 Å². The summed E-state index contributed by atoms with van der Waals surface area (Å²) in [6.07, 6.45) is -7.76. The zero-order valence-corrected chi connectivity index (χ0v) is 31.8. The number of hydrogen-bond acceptors (Lipinski definition) is 8. The van der Waals surface area contributed by atoms with Crippen molar-refractivity contribution in [3.63, 3.8) is 0 Å². The number of benzene rings is 3. The number of piperazine rings is 1. The zero-order valence-electron chi connectivity index (χ0n) is 31.1. The Labute approximate surface area is 336 Å². The second kappa shape index (κ2) is 18.1. The first-order valence-corrected chi connectivity index (χ1v) is 17.7. The maximum absolute atomic E-state index is 13.6. The van der Waals surface area contributed by atoms with Crippen LogP contribution in [0.1, 0.15) is 32.0 Å². The van der Waals surface area contributed by atoms with Crippen molar-refractivity contribution in [1.29, 1.82) is 0 Å². The van der Waals surface area contributed by atoms with Crippen LogP contribution in [0.15, 0.2) is 85.1 Å². The number of ether oxygens (including phenoxy) is 2. The molecule has 3 aromatic carbocycles. The molecule has 0 unspecified atom stereocenters. The number of anilines is 1. The second-order valence-electron chi connectivity index (χ2n) is 13.0. The molecule has 0 saturated carbocycles. The first-order valence-electron chi connectivity index (χ1n) is 17.3. The summed E-state index contributed by atoms with van der Waals surface area (Å²) in [4.78, 5) is 54.1. The van der Waals surface area contributed by atoms with Gasteiger partial charge in [0.1, 0.15) is 17.2 Å². The molecule has 0 aliphatic carbocycles. The zero-order chi connectivity index (χ0) is 43.2. The average Bonchev–Trinajstić information content (AvgIpc) is 3.52. The standard InChI is InChI=1S/C37H32ClF6N5O4.C2H2O4/c1-46(34(50)25-6-11-30(38)29(17-25)37(42,43)44)26-7-12-33(45-20-26)53-28-10-5-24-18-32(47(2)31(24)19-28)35(51)49-15-13-48(14-16-49)21-23-3-8-27(9-4-23)52-22-36(39,40)41;3-1(4)2(5)6/h3-12,17-20H,13-16,21-22H2,1-2H3;(H,3,4)(H,5,6). The maximum atomic E-state index is 13.6. The lowest BCUT2D eigenvalue weighted by atomic mass is 10.1. The van der Waals surface area contributed by atoms with Crippen LogP contribution in [0.25, 0.3) is 10.9 Å². The van der Waals surface area contributed by atoms with Gasteiger partial charge in [-0.25, -0.2) is 14.6 Å². The second-order valence-corrected chi connectivity index (χ2v) is 13.5. The molecule has 0 atom stereocenters. The SMILES string of the molecule is CN(C(=O)c1ccc(Cl)c(C(F)(F)F)c1)c1ccc(Oc2ccc3cc(C(=O)N4CCN(Cc5ccc(OCC(F)(F)F)cc5)CC4)n(C)c3c2)nc1.O=C(O)C(=O)O. The highest BCUT2D eigenvalue weighted by Gasteiger charge is 2.34. The van der Waals surface area contributed by atoms with Crippen LogP contribution in [0, 0.1) is 0 Å². The normalized spacial score (nSPS) is 13.3. The lowest BCUT2D eigenvalue weighted by Gasteiger charge is -2.34. The van der Waals surface area contributed by atoms with Crippen LogP contribution in [0.2, 0.25) is 5.02 Å². The van der Waals surface area contributed by atoms with Crippen LogP contribution < -0.4 is 14.4 Å². The number of amides is 2. The van der Waals surface area contributed by atoms with Crippen molar-refractivity contribution >= 4 is 51.9 Å². The molecule has 1 aliphatic heterocycles. The van der Waals surface area contributed by atoms with E-state index in [0.29, 0.717) is 55.9 Å². The van der Waals surface area contributed by atoms with Crippen molar-refractivity contribution in [3.05, 3.63) is 112 Å². The number of carboxylic acid groups (broad SMARTS) is 2. The minimum atomic E-state index is -4.72. The summed E-state index contributed by atoms with van der Waals surface area (Å²) >= 11 is 5.69. The summed E-state index contributed by atoms with van der Waals surface area (Å²) in [6, 6.07) is 19.7. The largest absolute Gasteiger partial charge is 0.484 e. The van der Waals surface area contributed by atoms with Crippen molar-refractivity contribution in [3.8, 4) is 17.4 Å². The van der Waals surface area contributed by atoms with Crippen LogP contribution in [-0.2, 0) is 29.4 Å². The van der Waals surface area contributed by atoms with Crippen molar-refractivity contribution < 1.29 is 65.2 Å². The van der Waals surface area contributed by atoms with E-state index in [1.54, 1.807) is 46.8 Å². The number of aryl methyl sites for hydroxylation is 1. The van der Waals surface area contributed by atoms with Gasteiger partial charge in [-0.1, -0.05) is 23.7 Å². The Kier molecular flexibility index (Phi) is 13.4. The summed E-state index contributed by atoms with van der Waals surface area (Å²) in [5, 5.41) is 15.1. The number of alkyl halides is 6. The number of nitrogens with zero attached hydrogens (tertiary/aromatic N) is 5. The van der Waals surface area contributed by atoms with Gasteiger partial charge in [0.2, 0.25) is 5.88 Å². The molecule has 13 nitrogen and oxygen atoms in total. The van der Waals surface area contributed by atoms with E-state index in [2.05, 4.69) is 9.88 Å². The number of aliphatic carboxylic acids is 2. The van der Waals surface area contributed by atoms with Crippen LogP contribution in [0.3, 0.4) is 0 Å². The summed E-state index contributed by atoms with van der Waals surface area (Å²) < 4.78 is 89.6. The molecular weight excluding hydrogens is 816 g/mol. The van der Waals surface area contributed by atoms with Crippen LogP contribution in [-0.4, -0.2) is 99.3 Å². The van der Waals surface area contributed by atoms with E-state index in [0.717, 1.165) is 27.4 Å². The molecule has 2 amide bonds. The highest BCUT2D eigenvalue weighted by molar-refractivity contribution is 6.31. The van der Waals surface area contributed by atoms with Crippen molar-refractivity contribution in [1.82, 2.24) is 19.4 Å². The predicted octanol–water partition coefficient (Wildman–Crippen LogP) is 7.37. The molecule has 312 valence electrons. The molecule has 1 saturated heterocycles. The van der Waals surface area contributed by atoms with Gasteiger partial charge in [-0.05, 0) is 60.2 Å². The molecule has 59 heavy (non-hydrogen) atoms. The number of fused-ring (bicyclic) bond motifs is 1. The van der Waals surface area contributed by atoms with Gasteiger partial charge in [0.05, 0.1) is 28.0 Å². The minimum Gasteiger partial charge on any atom is -0.484 e. The number of aromatic nitrogens is 2. The van der Waals surface area contributed by atoms with Gasteiger partial charge in [0.25, 0.3) is 11.8 Å². The summed E-state index contributed by atoms with van der Waals surface area (Å²) in [6.45, 7) is 1.48. The number of rotatable bonds is 9. The van der Waals surface area contributed by atoms with Gasteiger partial charge in [0, 0.05) is 69.9 Å². The third-order valence-corrected chi connectivity index (χ3v) is 9.29. The number of carbonyl (C=O) groups excluding carboxylic acids is 2. The number of hydrogen-bond donors (Lipinski definition) is 2. The Hall–Kier alpha value is -6.34. The average molecular weight is 850 g/mol. The third-order valence-electron chi connectivity index (χ3n) is 8.96. The van der Waals surface area contributed by atoms with Gasteiger partial charge >= 0.3 is 24.3 Å². The van der Waals surface area contributed by atoms with Crippen LogP contribution in [0.5, 0.6) is 17.4 Å². The van der Waals surface area contributed by atoms with Crippen molar-refractivity contribution in [2.45, 2.75) is 18.9 Å². The van der Waals surface area contributed by atoms with E-state index >= 15 is 0 Å². The van der Waals surface area contributed by atoms with E-state index < -0.39 is 47.4 Å². The Morgan fingerprint density at radius 1 is 0.831 bits per heavy atom. The number of halogens is 7. The monoisotopic (exact) mass is 849 g/mol. The van der Waals surface area contributed by atoms with Crippen molar-refractivity contribution in [2.24, 2.45) is 7.05 Å². The molecule has 2 aromatic heterocycles. The molecule has 2 N–H and O–H groups in total. The molecule has 5 aromatic rings. The van der Waals surface area contributed by atoms with Gasteiger partial charge in [-0.15, -0.1) is 0 Å². The van der Waals surface area contributed by atoms with E-state index in [1.165, 1.54) is 37.5 Å². The molecule has 6 rings (SSSR count). The number of pyridine rings is 1. The van der Waals surface area contributed by atoms with E-state index in [1.807, 2.05) is 12.1 Å². The lowest BCUT2D eigenvalue weighted by Crippen LogP contribution is -2.48. The highest BCUT2D eigenvalue weighted by atomic mass is 35.5. The fourth-order valence-corrected chi connectivity index (χ4v) is 6.13. The third kappa shape index (κ3) is 11.4. The summed E-state index contributed by atoms with van der Waals surface area (Å²) in [5.74, 6) is -3.67. The van der Waals surface area contributed by atoms with Crippen LogP contribution >= 0.6 is 11.6 Å². The molecule has 1 aliphatic rings. The predicted molar refractivity (Wildman–Crippen MR) is 201 cm³/mol. The Balaban J connectivity index is 0.00000102. The molecule has 20 heteroatoms. The molecule has 1 fully saturated rings. The Bertz CT molecular complexity index is 2320. The first-order chi connectivity index (χ1) is 27.7. The molecular formula is C39H34ClF6N5O8. The fraction of sp³-hybridized carbons (Fsp3) is 0.256. The fourth-order valence-electron chi connectivity index (χ4n) is 5.90. The maximum Gasteiger partial charge on any atom is 0.422 e. The Morgan fingerprint density at radius 2 is 1.47 bits per heavy atom.